The monoisotopic (exact) mass is 584 g/mol. The van der Waals surface area contributed by atoms with Crippen molar-refractivity contribution in [2.75, 3.05) is 73.0 Å². The number of benzene rings is 4. The predicted molar refractivity (Wildman–Crippen MR) is 185 cm³/mol. The fraction of sp³-hybridized carbons (Fsp3) is 0.222. The molecule has 1 aliphatic heterocycles. The van der Waals surface area contributed by atoms with Gasteiger partial charge in [0, 0.05) is 76.1 Å². The fourth-order valence-electron chi connectivity index (χ4n) is 5.06. The second-order valence-electron chi connectivity index (χ2n) is 10.8. The maximum atomic E-state index is 4.43. The van der Waals surface area contributed by atoms with Crippen LogP contribution in [0.15, 0.2) is 143 Å². The van der Waals surface area contributed by atoms with E-state index in [9.17, 15) is 0 Å². The van der Waals surface area contributed by atoms with Crippen molar-refractivity contribution in [3.63, 3.8) is 0 Å². The summed E-state index contributed by atoms with van der Waals surface area (Å²) in [7, 11) is 4.08. The van der Waals surface area contributed by atoms with Gasteiger partial charge in [0.1, 0.15) is 0 Å². The molecule has 0 saturated carbocycles. The van der Waals surface area contributed by atoms with E-state index < -0.39 is 0 Å². The topological polar surface area (TPSA) is 62.4 Å². The number of anilines is 4. The molecule has 5 rings (SSSR count). The van der Waals surface area contributed by atoms with Gasteiger partial charge in [-0.25, -0.2) is 0 Å². The molecular formula is C36H40N8. The number of azo groups is 2. The van der Waals surface area contributed by atoms with Crippen molar-refractivity contribution in [3.05, 3.63) is 122 Å². The average Bonchev–Trinajstić information content (AvgIpc) is 3.08. The Balaban J connectivity index is 1.10. The third kappa shape index (κ3) is 7.98. The Morgan fingerprint density at radius 2 is 0.773 bits per heavy atom. The largest absolute Gasteiger partial charge is 0.371 e. The van der Waals surface area contributed by atoms with E-state index >= 15 is 0 Å². The van der Waals surface area contributed by atoms with Gasteiger partial charge in [-0.3, -0.25) is 0 Å². The van der Waals surface area contributed by atoms with Crippen LogP contribution in [0.5, 0.6) is 0 Å². The highest BCUT2D eigenvalue weighted by Crippen LogP contribution is 2.27. The first-order valence-electron chi connectivity index (χ1n) is 14.9. The standard InChI is InChI=1S/C36H40N8/c1-5-23-41(3)33-15-7-29(8-16-33)37-39-31-11-19-35(20-12-31)43-25-27-44(28-26-43)36-21-13-32(14-22-36)40-38-30-9-17-34(18-10-30)42(4)24-6-2/h5-22H,1-2,23-28H2,3-4H3/b39-37+,40-38+. The third-order valence-corrected chi connectivity index (χ3v) is 7.66. The van der Waals surface area contributed by atoms with Crippen LogP contribution < -0.4 is 19.6 Å². The Labute approximate surface area is 261 Å². The van der Waals surface area contributed by atoms with E-state index in [-0.39, 0.29) is 0 Å². The number of hydrogen-bond acceptors (Lipinski definition) is 8. The molecule has 8 nitrogen and oxygen atoms in total. The van der Waals surface area contributed by atoms with Crippen LogP contribution in [0.1, 0.15) is 0 Å². The molecule has 0 N–H and O–H groups in total. The van der Waals surface area contributed by atoms with Crippen molar-refractivity contribution in [2.45, 2.75) is 0 Å². The van der Waals surface area contributed by atoms with E-state index in [2.05, 4.69) is 77.5 Å². The molecule has 1 heterocycles. The normalized spacial score (nSPS) is 13.4. The lowest BCUT2D eigenvalue weighted by Gasteiger charge is -2.37. The predicted octanol–water partition coefficient (Wildman–Crippen LogP) is 9.09. The first-order valence-corrected chi connectivity index (χ1v) is 14.9. The Kier molecular flexibility index (Phi) is 10.2. The average molecular weight is 585 g/mol. The highest BCUT2D eigenvalue weighted by molar-refractivity contribution is 5.58. The van der Waals surface area contributed by atoms with Crippen molar-refractivity contribution < 1.29 is 0 Å². The molecule has 0 amide bonds. The summed E-state index contributed by atoms with van der Waals surface area (Å²) >= 11 is 0. The van der Waals surface area contributed by atoms with Gasteiger partial charge in [0.25, 0.3) is 0 Å². The number of rotatable bonds is 12. The van der Waals surface area contributed by atoms with Gasteiger partial charge >= 0.3 is 0 Å². The maximum absolute atomic E-state index is 4.43. The molecule has 4 aromatic rings. The van der Waals surface area contributed by atoms with Crippen LogP contribution >= 0.6 is 0 Å². The summed E-state index contributed by atoms with van der Waals surface area (Å²) in [6.07, 6.45) is 3.77. The van der Waals surface area contributed by atoms with Gasteiger partial charge < -0.3 is 19.6 Å². The number of likely N-dealkylation sites (N-methyl/N-ethyl adjacent to an activating group) is 2. The van der Waals surface area contributed by atoms with Crippen LogP contribution in [0.4, 0.5) is 45.5 Å². The Morgan fingerprint density at radius 3 is 1.05 bits per heavy atom. The van der Waals surface area contributed by atoms with Crippen molar-refractivity contribution in [1.29, 1.82) is 0 Å². The summed E-state index contributed by atoms with van der Waals surface area (Å²) in [5, 5.41) is 17.7. The van der Waals surface area contributed by atoms with Crippen LogP contribution in [-0.4, -0.2) is 53.4 Å². The first kappa shape index (κ1) is 30.2. The minimum atomic E-state index is 0.801. The molecule has 8 heteroatoms. The van der Waals surface area contributed by atoms with E-state index in [1.54, 1.807) is 0 Å². The highest BCUT2D eigenvalue weighted by atomic mass is 15.3. The summed E-state index contributed by atoms with van der Waals surface area (Å²) in [4.78, 5) is 9.09. The maximum Gasteiger partial charge on any atom is 0.0858 e. The van der Waals surface area contributed by atoms with E-state index in [4.69, 9.17) is 0 Å². The molecular weight excluding hydrogens is 544 g/mol. The van der Waals surface area contributed by atoms with Crippen LogP contribution in [-0.2, 0) is 0 Å². The lowest BCUT2D eigenvalue weighted by molar-refractivity contribution is 0.653. The Morgan fingerprint density at radius 1 is 0.500 bits per heavy atom. The SMILES string of the molecule is C=CCN(C)c1ccc(/N=N/c2ccc(N3CCN(c4ccc(/N=N/c5ccc(N(C)CC=C)cc5)cc4)CC3)cc2)cc1. The van der Waals surface area contributed by atoms with Gasteiger partial charge in [-0.1, -0.05) is 12.2 Å². The van der Waals surface area contributed by atoms with Gasteiger partial charge in [0.05, 0.1) is 22.7 Å². The van der Waals surface area contributed by atoms with E-state index in [0.717, 1.165) is 73.4 Å². The van der Waals surface area contributed by atoms with Gasteiger partial charge in [0.15, 0.2) is 0 Å². The van der Waals surface area contributed by atoms with E-state index in [0.29, 0.717) is 0 Å². The molecule has 44 heavy (non-hydrogen) atoms. The molecule has 0 spiro atoms. The smallest absolute Gasteiger partial charge is 0.0858 e. The molecule has 0 atom stereocenters. The zero-order valence-corrected chi connectivity index (χ0v) is 25.6. The highest BCUT2D eigenvalue weighted by Gasteiger charge is 2.17. The van der Waals surface area contributed by atoms with E-state index in [1.807, 2.05) is 99.0 Å². The molecule has 1 saturated heterocycles. The molecule has 1 aliphatic rings. The lowest BCUT2D eigenvalue weighted by atomic mass is 10.2. The molecule has 0 aliphatic carbocycles. The van der Waals surface area contributed by atoms with Crippen LogP contribution in [0.3, 0.4) is 0 Å². The number of hydrogen-bond donors (Lipinski definition) is 0. The molecule has 0 aromatic heterocycles. The summed E-state index contributed by atoms with van der Waals surface area (Å²) in [6.45, 7) is 13.0. The fourth-order valence-corrected chi connectivity index (χ4v) is 5.06. The Bertz CT molecular complexity index is 1430. The molecule has 4 aromatic carbocycles. The minimum Gasteiger partial charge on any atom is -0.371 e. The number of piperazine rings is 1. The first-order chi connectivity index (χ1) is 21.5. The van der Waals surface area contributed by atoms with Crippen molar-refractivity contribution in [2.24, 2.45) is 20.5 Å². The van der Waals surface area contributed by atoms with Crippen LogP contribution in [0.2, 0.25) is 0 Å². The molecule has 0 bridgehead atoms. The van der Waals surface area contributed by atoms with Crippen molar-refractivity contribution in [1.82, 2.24) is 0 Å². The second kappa shape index (κ2) is 14.8. The van der Waals surface area contributed by atoms with Gasteiger partial charge in [-0.15, -0.1) is 13.2 Å². The van der Waals surface area contributed by atoms with Crippen molar-refractivity contribution >= 4 is 45.5 Å². The van der Waals surface area contributed by atoms with Gasteiger partial charge in [-0.05, 0) is 97.1 Å². The summed E-state index contributed by atoms with van der Waals surface area (Å²) in [6, 6.07) is 32.7. The summed E-state index contributed by atoms with van der Waals surface area (Å²) < 4.78 is 0. The van der Waals surface area contributed by atoms with Gasteiger partial charge in [-0.2, -0.15) is 20.5 Å². The zero-order chi connectivity index (χ0) is 30.7. The third-order valence-electron chi connectivity index (χ3n) is 7.66. The summed E-state index contributed by atoms with van der Waals surface area (Å²) in [5.74, 6) is 0. The minimum absolute atomic E-state index is 0.801. The quantitative estimate of drug-likeness (QED) is 0.123. The zero-order valence-electron chi connectivity index (χ0n) is 25.6. The van der Waals surface area contributed by atoms with Crippen molar-refractivity contribution in [3.8, 4) is 0 Å². The molecule has 0 radical (unpaired) electrons. The van der Waals surface area contributed by atoms with E-state index in [1.165, 1.54) is 11.4 Å². The molecule has 1 fully saturated rings. The lowest BCUT2D eigenvalue weighted by Crippen LogP contribution is -2.46. The molecule has 0 unspecified atom stereocenters. The summed E-state index contributed by atoms with van der Waals surface area (Å²) in [5.41, 5.74) is 7.99. The second-order valence-corrected chi connectivity index (χ2v) is 10.8. The van der Waals surface area contributed by atoms with Crippen LogP contribution in [0, 0.1) is 0 Å². The molecule has 224 valence electrons. The number of nitrogens with zero attached hydrogens (tertiary/aromatic N) is 8. The van der Waals surface area contributed by atoms with Gasteiger partial charge in [0.2, 0.25) is 0 Å². The Hall–Kier alpha value is -5.24. The van der Waals surface area contributed by atoms with Crippen LogP contribution in [0.25, 0.3) is 0 Å².